The number of aromatic nitrogens is 2. The van der Waals surface area contributed by atoms with Crippen LogP contribution in [0, 0.1) is 11.3 Å². The first-order valence-electron chi connectivity index (χ1n) is 7.51. The summed E-state index contributed by atoms with van der Waals surface area (Å²) in [6.45, 7) is 0. The number of hydrogen-bond acceptors (Lipinski definition) is 4. The van der Waals surface area contributed by atoms with E-state index < -0.39 is 18.4 Å². The molecule has 4 nitrogen and oxygen atoms in total. The first-order valence-corrected chi connectivity index (χ1v) is 17.5. The summed E-state index contributed by atoms with van der Waals surface area (Å²) in [5.41, 5.74) is 2.57. The number of rotatable bonds is 3. The van der Waals surface area contributed by atoms with E-state index in [9.17, 15) is 0 Å². The van der Waals surface area contributed by atoms with Crippen molar-refractivity contribution >= 4 is 44.5 Å². The fraction of sp³-hybridized carbons (Fsp3) is 0.167. The maximum absolute atomic E-state index is 8.85. The Morgan fingerprint density at radius 3 is 2.43 bits per heavy atom. The van der Waals surface area contributed by atoms with Crippen LogP contribution in [0.5, 0.6) is 0 Å². The van der Waals surface area contributed by atoms with Crippen LogP contribution in [0.3, 0.4) is 0 Å². The van der Waals surface area contributed by atoms with Crippen LogP contribution in [0.1, 0.15) is 5.56 Å². The molecule has 3 rings (SSSR count). The van der Waals surface area contributed by atoms with Gasteiger partial charge in [0.15, 0.2) is 0 Å². The molecule has 0 fully saturated rings. The Bertz CT molecular complexity index is 890. The van der Waals surface area contributed by atoms with Gasteiger partial charge in [-0.1, -0.05) is 0 Å². The topological polar surface area (TPSA) is 61.6 Å². The molecule has 1 aromatic heterocycles. The fourth-order valence-electron chi connectivity index (χ4n) is 2.48. The molecule has 0 aliphatic carbocycles. The van der Waals surface area contributed by atoms with Crippen LogP contribution < -0.4 is 8.90 Å². The number of fused-ring (bicyclic) bond motifs is 1. The van der Waals surface area contributed by atoms with E-state index in [1.54, 1.807) is 12.1 Å². The standard InChI is InChI=1S/C15H9N4.3CH3.Sn/c16-9-11-5-7-13(8-6-11)18-15-17-10-12-3-1-2-4-14(12)19-15;;;;/h1-3,5-8,10H,(H,17,18,19);3*1H3;. The average Bonchev–Trinajstić information content (AvgIpc) is 2.54. The molecule has 0 radical (unpaired) electrons. The normalized spacial score (nSPS) is 11.2. The van der Waals surface area contributed by atoms with Crippen LogP contribution in [0.2, 0.25) is 14.8 Å². The number of nitriles is 1. The average molecular weight is 409 g/mol. The Labute approximate surface area is 140 Å². The van der Waals surface area contributed by atoms with Crippen molar-refractivity contribution in [2.45, 2.75) is 14.8 Å². The second-order valence-corrected chi connectivity index (χ2v) is 20.9. The molecule has 0 aliphatic rings. The SMILES string of the molecule is [CH3][Sn]([CH3])([CH3])[c]1cccc2cnc(Nc3ccc(C#N)cc3)nc12. The predicted molar refractivity (Wildman–Crippen MR) is 97.0 cm³/mol. The Morgan fingerprint density at radius 1 is 1.04 bits per heavy atom. The molecular weight excluding hydrogens is 391 g/mol. The molecular formula is C18H18N4Sn. The third kappa shape index (κ3) is 3.45. The van der Waals surface area contributed by atoms with E-state index in [1.807, 2.05) is 18.3 Å². The summed E-state index contributed by atoms with van der Waals surface area (Å²) in [4.78, 5) is 16.3. The van der Waals surface area contributed by atoms with Gasteiger partial charge in [-0.25, -0.2) is 0 Å². The molecule has 1 heterocycles. The van der Waals surface area contributed by atoms with Gasteiger partial charge in [-0.15, -0.1) is 0 Å². The van der Waals surface area contributed by atoms with Crippen LogP contribution in [-0.2, 0) is 0 Å². The molecule has 1 N–H and O–H groups in total. The molecule has 0 amide bonds. The van der Waals surface area contributed by atoms with Gasteiger partial charge in [0.2, 0.25) is 0 Å². The second-order valence-electron chi connectivity index (χ2n) is 6.50. The van der Waals surface area contributed by atoms with Gasteiger partial charge in [-0.2, -0.15) is 0 Å². The van der Waals surface area contributed by atoms with E-state index in [-0.39, 0.29) is 0 Å². The zero-order valence-electron chi connectivity index (χ0n) is 13.5. The van der Waals surface area contributed by atoms with Crippen molar-refractivity contribution < 1.29 is 0 Å². The number of benzene rings is 2. The van der Waals surface area contributed by atoms with Crippen molar-refractivity contribution in [1.82, 2.24) is 9.97 Å². The van der Waals surface area contributed by atoms with Crippen LogP contribution >= 0.6 is 0 Å². The Balaban J connectivity index is 2.00. The maximum atomic E-state index is 8.85. The molecule has 0 aliphatic heterocycles. The minimum absolute atomic E-state index is 0.588. The third-order valence-corrected chi connectivity index (χ3v) is 9.45. The fourth-order valence-corrected chi connectivity index (χ4v) is 6.78. The van der Waals surface area contributed by atoms with E-state index in [0.29, 0.717) is 11.5 Å². The summed E-state index contributed by atoms with van der Waals surface area (Å²) < 4.78 is 1.40. The summed E-state index contributed by atoms with van der Waals surface area (Å²) in [6, 6.07) is 15.8. The summed E-state index contributed by atoms with van der Waals surface area (Å²) in [7, 11) is 0. The second kappa shape index (κ2) is 6.17. The molecule has 0 atom stereocenters. The van der Waals surface area contributed by atoms with E-state index in [2.05, 4.69) is 49.4 Å². The molecule has 0 bridgehead atoms. The molecule has 0 saturated heterocycles. The van der Waals surface area contributed by atoms with E-state index in [1.165, 1.54) is 3.58 Å². The molecule has 0 saturated carbocycles. The van der Waals surface area contributed by atoms with Gasteiger partial charge in [0.1, 0.15) is 0 Å². The minimum atomic E-state index is -2.24. The summed E-state index contributed by atoms with van der Waals surface area (Å²) in [5.74, 6) is 0.588. The number of nitrogens with zero attached hydrogens (tertiary/aromatic N) is 3. The molecule has 5 heteroatoms. The van der Waals surface area contributed by atoms with Crippen molar-refractivity contribution in [1.29, 1.82) is 5.26 Å². The zero-order valence-corrected chi connectivity index (χ0v) is 16.3. The Morgan fingerprint density at radius 2 is 1.78 bits per heavy atom. The molecule has 0 spiro atoms. The first kappa shape index (κ1) is 15.8. The van der Waals surface area contributed by atoms with Gasteiger partial charge in [0, 0.05) is 0 Å². The molecule has 23 heavy (non-hydrogen) atoms. The molecule has 114 valence electrons. The molecule has 3 aromatic rings. The monoisotopic (exact) mass is 410 g/mol. The van der Waals surface area contributed by atoms with Crippen LogP contribution in [0.25, 0.3) is 10.9 Å². The van der Waals surface area contributed by atoms with Crippen molar-refractivity contribution in [3.63, 3.8) is 0 Å². The van der Waals surface area contributed by atoms with Gasteiger partial charge in [-0.3, -0.25) is 0 Å². The van der Waals surface area contributed by atoms with Crippen LogP contribution in [-0.4, -0.2) is 28.3 Å². The number of hydrogen-bond donors (Lipinski definition) is 1. The zero-order chi connectivity index (χ0) is 16.4. The number of para-hydroxylation sites is 1. The van der Waals surface area contributed by atoms with Crippen molar-refractivity contribution in [3.8, 4) is 6.07 Å². The Kier molecular flexibility index (Phi) is 4.22. The van der Waals surface area contributed by atoms with Gasteiger partial charge < -0.3 is 0 Å². The van der Waals surface area contributed by atoms with Gasteiger partial charge in [0.05, 0.1) is 0 Å². The summed E-state index contributed by atoms with van der Waals surface area (Å²) in [6.07, 6.45) is 1.87. The summed E-state index contributed by atoms with van der Waals surface area (Å²) in [5, 5.41) is 13.2. The summed E-state index contributed by atoms with van der Waals surface area (Å²) >= 11 is -2.24. The van der Waals surface area contributed by atoms with Gasteiger partial charge in [-0.05, 0) is 0 Å². The van der Waals surface area contributed by atoms with E-state index in [0.717, 1.165) is 16.6 Å². The quantitative estimate of drug-likeness (QED) is 0.669. The first-order chi connectivity index (χ1) is 11.0. The molecule has 0 unspecified atom stereocenters. The van der Waals surface area contributed by atoms with Crippen LogP contribution in [0.4, 0.5) is 11.6 Å². The third-order valence-electron chi connectivity index (χ3n) is 3.69. The van der Waals surface area contributed by atoms with E-state index in [4.69, 9.17) is 10.2 Å². The Hall–Kier alpha value is -2.13. The van der Waals surface area contributed by atoms with Crippen molar-refractivity contribution in [2.24, 2.45) is 0 Å². The van der Waals surface area contributed by atoms with Gasteiger partial charge in [0.25, 0.3) is 0 Å². The van der Waals surface area contributed by atoms with Crippen molar-refractivity contribution in [2.75, 3.05) is 5.32 Å². The van der Waals surface area contributed by atoms with Gasteiger partial charge >= 0.3 is 140 Å². The van der Waals surface area contributed by atoms with Crippen LogP contribution in [0.15, 0.2) is 48.7 Å². The molecule has 2 aromatic carbocycles. The van der Waals surface area contributed by atoms with E-state index >= 15 is 0 Å². The van der Waals surface area contributed by atoms with Crippen molar-refractivity contribution in [3.05, 3.63) is 54.2 Å². The predicted octanol–water partition coefficient (Wildman–Crippen LogP) is 3.79. The number of nitrogens with one attached hydrogen (secondary N) is 1. The number of anilines is 2.